The van der Waals surface area contributed by atoms with Crippen molar-refractivity contribution in [1.82, 2.24) is 0 Å². The molecular formula is C14H15NO. The minimum absolute atomic E-state index is 0.613. The molecule has 82 valence electrons. The summed E-state index contributed by atoms with van der Waals surface area (Å²) in [7, 11) is 0. The molecule has 1 aliphatic heterocycles. The minimum atomic E-state index is 0.613. The van der Waals surface area contributed by atoms with E-state index in [1.165, 1.54) is 11.1 Å². The molecule has 0 saturated heterocycles. The van der Waals surface area contributed by atoms with Crippen LogP contribution >= 0.6 is 0 Å². The van der Waals surface area contributed by atoms with Crippen molar-refractivity contribution in [1.29, 1.82) is 0 Å². The molecule has 0 aliphatic carbocycles. The Balaban J connectivity index is 2.03. The molecule has 1 aliphatic rings. The van der Waals surface area contributed by atoms with Gasteiger partial charge in [0.15, 0.2) is 0 Å². The van der Waals surface area contributed by atoms with Crippen molar-refractivity contribution in [2.24, 2.45) is 5.92 Å². The Morgan fingerprint density at radius 3 is 3.06 bits per heavy atom. The third-order valence-electron chi connectivity index (χ3n) is 3.10. The maximum Gasteiger partial charge on any atom is 0.136 e. The van der Waals surface area contributed by atoms with E-state index in [4.69, 9.17) is 4.42 Å². The first-order chi connectivity index (χ1) is 7.84. The van der Waals surface area contributed by atoms with Gasteiger partial charge in [0.25, 0.3) is 0 Å². The van der Waals surface area contributed by atoms with Gasteiger partial charge in [0.1, 0.15) is 11.8 Å². The fourth-order valence-corrected chi connectivity index (χ4v) is 2.31. The molecule has 0 bridgehead atoms. The molecule has 2 heteroatoms. The molecule has 0 amide bonds. The van der Waals surface area contributed by atoms with Crippen molar-refractivity contribution in [3.05, 3.63) is 42.7 Å². The Labute approximate surface area is 95.2 Å². The molecule has 0 radical (unpaired) electrons. The Morgan fingerprint density at radius 1 is 1.31 bits per heavy atom. The van der Waals surface area contributed by atoms with Crippen LogP contribution in [0.25, 0.3) is 11.0 Å². The Morgan fingerprint density at radius 2 is 2.19 bits per heavy atom. The normalized spacial score (nSPS) is 20.6. The highest BCUT2D eigenvalue weighted by Crippen LogP contribution is 2.30. The fraction of sp³-hybridized carbons (Fsp3) is 0.286. The van der Waals surface area contributed by atoms with Gasteiger partial charge in [0, 0.05) is 18.5 Å². The first-order valence-electron chi connectivity index (χ1n) is 5.72. The van der Waals surface area contributed by atoms with Crippen molar-refractivity contribution >= 4 is 16.7 Å². The van der Waals surface area contributed by atoms with Gasteiger partial charge < -0.3 is 9.32 Å². The molecule has 2 heterocycles. The van der Waals surface area contributed by atoms with Gasteiger partial charge in [-0.05, 0) is 18.1 Å². The van der Waals surface area contributed by atoms with Crippen LogP contribution in [-0.4, -0.2) is 13.1 Å². The lowest BCUT2D eigenvalue weighted by Gasteiger charge is -2.27. The summed E-state index contributed by atoms with van der Waals surface area (Å²) in [5.74, 6) is 0.613. The standard InChI is InChI=1S/C14H15NO/c1-11-5-4-8-15(9-11)13-10-16-14-7-3-2-6-12(13)14/h2-7,10-11H,8-9H2,1H3. The third-order valence-corrected chi connectivity index (χ3v) is 3.10. The summed E-state index contributed by atoms with van der Waals surface area (Å²) in [6, 6.07) is 8.21. The SMILES string of the molecule is CC1C=CCN(c2coc3ccccc23)C1. The van der Waals surface area contributed by atoms with Crippen LogP contribution in [0.5, 0.6) is 0 Å². The van der Waals surface area contributed by atoms with Crippen LogP contribution in [0, 0.1) is 5.92 Å². The molecule has 0 N–H and O–H groups in total. The number of benzene rings is 1. The first kappa shape index (κ1) is 9.52. The summed E-state index contributed by atoms with van der Waals surface area (Å²) in [6.45, 7) is 4.29. The molecule has 0 saturated carbocycles. The van der Waals surface area contributed by atoms with E-state index in [0.29, 0.717) is 5.92 Å². The summed E-state index contributed by atoms with van der Waals surface area (Å²) in [5, 5.41) is 1.21. The predicted octanol–water partition coefficient (Wildman–Crippen LogP) is 3.45. The van der Waals surface area contributed by atoms with E-state index in [9.17, 15) is 0 Å². The zero-order valence-electron chi connectivity index (χ0n) is 9.39. The van der Waals surface area contributed by atoms with E-state index < -0.39 is 0 Å². The van der Waals surface area contributed by atoms with Crippen LogP contribution in [0.4, 0.5) is 5.69 Å². The molecule has 16 heavy (non-hydrogen) atoms. The number of rotatable bonds is 1. The lowest BCUT2D eigenvalue weighted by atomic mass is 10.1. The lowest BCUT2D eigenvalue weighted by Crippen LogP contribution is -2.30. The average molecular weight is 213 g/mol. The average Bonchev–Trinajstić information content (AvgIpc) is 2.72. The Kier molecular flexibility index (Phi) is 2.21. The van der Waals surface area contributed by atoms with Crippen LogP contribution in [0.3, 0.4) is 0 Å². The van der Waals surface area contributed by atoms with Gasteiger partial charge in [0.05, 0.1) is 5.69 Å². The van der Waals surface area contributed by atoms with Crippen LogP contribution in [0.15, 0.2) is 47.1 Å². The molecule has 2 aromatic rings. The zero-order valence-corrected chi connectivity index (χ0v) is 9.39. The van der Waals surface area contributed by atoms with Gasteiger partial charge in [-0.25, -0.2) is 0 Å². The van der Waals surface area contributed by atoms with E-state index in [2.05, 4.69) is 36.1 Å². The maximum atomic E-state index is 5.57. The number of para-hydroxylation sites is 1. The van der Waals surface area contributed by atoms with E-state index in [1.54, 1.807) is 0 Å². The monoisotopic (exact) mass is 213 g/mol. The van der Waals surface area contributed by atoms with Crippen molar-refractivity contribution in [3.63, 3.8) is 0 Å². The molecule has 1 aromatic heterocycles. The van der Waals surface area contributed by atoms with Crippen LogP contribution < -0.4 is 4.90 Å². The van der Waals surface area contributed by atoms with Crippen molar-refractivity contribution in [2.45, 2.75) is 6.92 Å². The van der Waals surface area contributed by atoms with Gasteiger partial charge in [-0.15, -0.1) is 0 Å². The molecule has 2 nitrogen and oxygen atoms in total. The number of anilines is 1. The molecule has 3 rings (SSSR count). The van der Waals surface area contributed by atoms with E-state index in [0.717, 1.165) is 18.7 Å². The highest BCUT2D eigenvalue weighted by atomic mass is 16.3. The highest BCUT2D eigenvalue weighted by molar-refractivity contribution is 5.91. The summed E-state index contributed by atoms with van der Waals surface area (Å²) in [5.41, 5.74) is 2.19. The van der Waals surface area contributed by atoms with Gasteiger partial charge in [-0.3, -0.25) is 0 Å². The van der Waals surface area contributed by atoms with Crippen LogP contribution in [0.2, 0.25) is 0 Å². The summed E-state index contributed by atoms with van der Waals surface area (Å²) in [4.78, 5) is 2.37. The fourth-order valence-electron chi connectivity index (χ4n) is 2.31. The van der Waals surface area contributed by atoms with Crippen molar-refractivity contribution in [2.75, 3.05) is 18.0 Å². The van der Waals surface area contributed by atoms with Gasteiger partial charge >= 0.3 is 0 Å². The smallest absolute Gasteiger partial charge is 0.136 e. The largest absolute Gasteiger partial charge is 0.462 e. The van der Waals surface area contributed by atoms with Gasteiger partial charge in [0.2, 0.25) is 0 Å². The number of fused-ring (bicyclic) bond motifs is 1. The molecule has 0 fully saturated rings. The lowest BCUT2D eigenvalue weighted by molar-refractivity contribution is 0.607. The number of hydrogen-bond donors (Lipinski definition) is 0. The molecule has 1 aromatic carbocycles. The Bertz CT molecular complexity index is 526. The van der Waals surface area contributed by atoms with E-state index >= 15 is 0 Å². The zero-order chi connectivity index (χ0) is 11.0. The van der Waals surface area contributed by atoms with Crippen molar-refractivity contribution in [3.8, 4) is 0 Å². The Hall–Kier alpha value is -1.70. The van der Waals surface area contributed by atoms with Gasteiger partial charge in [-0.1, -0.05) is 31.2 Å². The molecule has 0 spiro atoms. The molecular weight excluding hydrogens is 198 g/mol. The second-order valence-electron chi connectivity index (χ2n) is 4.43. The van der Waals surface area contributed by atoms with Crippen molar-refractivity contribution < 1.29 is 4.42 Å². The minimum Gasteiger partial charge on any atom is -0.462 e. The predicted molar refractivity (Wildman–Crippen MR) is 66.7 cm³/mol. The second-order valence-corrected chi connectivity index (χ2v) is 4.43. The topological polar surface area (TPSA) is 16.4 Å². The summed E-state index contributed by atoms with van der Waals surface area (Å²) in [6.07, 6.45) is 6.38. The third kappa shape index (κ3) is 1.51. The summed E-state index contributed by atoms with van der Waals surface area (Å²) >= 11 is 0. The van der Waals surface area contributed by atoms with Crippen LogP contribution in [0.1, 0.15) is 6.92 Å². The molecule has 1 atom stereocenters. The highest BCUT2D eigenvalue weighted by Gasteiger charge is 2.16. The quantitative estimate of drug-likeness (QED) is 0.675. The maximum absolute atomic E-state index is 5.57. The summed E-state index contributed by atoms with van der Waals surface area (Å²) < 4.78 is 5.57. The first-order valence-corrected chi connectivity index (χ1v) is 5.72. The number of hydrogen-bond acceptors (Lipinski definition) is 2. The number of nitrogens with zero attached hydrogens (tertiary/aromatic N) is 1. The van der Waals surface area contributed by atoms with E-state index in [1.807, 2.05) is 18.4 Å². The number of furan rings is 1. The van der Waals surface area contributed by atoms with Crippen LogP contribution in [-0.2, 0) is 0 Å². The molecule has 1 unspecified atom stereocenters. The van der Waals surface area contributed by atoms with E-state index in [-0.39, 0.29) is 0 Å². The van der Waals surface area contributed by atoms with Gasteiger partial charge in [-0.2, -0.15) is 0 Å². The second kappa shape index (κ2) is 3.71.